The predicted octanol–water partition coefficient (Wildman–Crippen LogP) is 1.54. The van der Waals surface area contributed by atoms with E-state index >= 15 is 0 Å². The van der Waals surface area contributed by atoms with Gasteiger partial charge in [0.1, 0.15) is 0 Å². The highest BCUT2D eigenvalue weighted by molar-refractivity contribution is 5.54. The van der Waals surface area contributed by atoms with Crippen LogP contribution in [0.1, 0.15) is 24.9 Å². The SMILES string of the molecule is CC[C@@H](N)c1ccccc1N(C)CC(O)COC. The van der Waals surface area contributed by atoms with Gasteiger partial charge in [-0.25, -0.2) is 0 Å². The minimum absolute atomic E-state index is 0.0308. The fourth-order valence-electron chi connectivity index (χ4n) is 2.03. The standard InChI is InChI=1S/C14H24N2O2/c1-4-13(15)12-7-5-6-8-14(12)16(2)9-11(17)10-18-3/h5-8,11,13,17H,4,9-10,15H2,1-3H3/t11?,13-/m1/s1. The van der Waals surface area contributed by atoms with Crippen molar-refractivity contribution in [2.75, 3.05) is 32.2 Å². The monoisotopic (exact) mass is 252 g/mol. The lowest BCUT2D eigenvalue weighted by Crippen LogP contribution is -2.32. The zero-order valence-electron chi connectivity index (χ0n) is 11.5. The molecule has 0 aromatic heterocycles. The highest BCUT2D eigenvalue weighted by Crippen LogP contribution is 2.25. The molecular formula is C14H24N2O2. The summed E-state index contributed by atoms with van der Waals surface area (Å²) in [5.74, 6) is 0. The summed E-state index contributed by atoms with van der Waals surface area (Å²) < 4.78 is 4.94. The quantitative estimate of drug-likeness (QED) is 0.773. The molecule has 18 heavy (non-hydrogen) atoms. The van der Waals surface area contributed by atoms with E-state index in [1.165, 1.54) is 0 Å². The number of hydrogen-bond acceptors (Lipinski definition) is 4. The Hall–Kier alpha value is -1.10. The summed E-state index contributed by atoms with van der Waals surface area (Å²) in [6, 6.07) is 8.09. The first-order valence-corrected chi connectivity index (χ1v) is 6.32. The summed E-state index contributed by atoms with van der Waals surface area (Å²) in [7, 11) is 3.55. The van der Waals surface area contributed by atoms with Gasteiger partial charge in [0.15, 0.2) is 0 Å². The van der Waals surface area contributed by atoms with Crippen LogP contribution in [-0.4, -0.2) is 38.5 Å². The van der Waals surface area contributed by atoms with Crippen molar-refractivity contribution in [2.24, 2.45) is 5.73 Å². The van der Waals surface area contributed by atoms with Crippen molar-refractivity contribution in [1.82, 2.24) is 0 Å². The van der Waals surface area contributed by atoms with Gasteiger partial charge in [-0.1, -0.05) is 25.1 Å². The fraction of sp³-hybridized carbons (Fsp3) is 0.571. The summed E-state index contributed by atoms with van der Waals surface area (Å²) in [4.78, 5) is 2.02. The molecule has 0 amide bonds. The minimum Gasteiger partial charge on any atom is -0.389 e. The average molecular weight is 252 g/mol. The van der Waals surface area contributed by atoms with Gasteiger partial charge in [0.2, 0.25) is 0 Å². The van der Waals surface area contributed by atoms with E-state index in [4.69, 9.17) is 10.5 Å². The maximum absolute atomic E-state index is 9.77. The van der Waals surface area contributed by atoms with E-state index in [1.54, 1.807) is 7.11 Å². The summed E-state index contributed by atoms with van der Waals surface area (Å²) in [5, 5.41) is 9.77. The van der Waals surface area contributed by atoms with Crippen LogP contribution in [0, 0.1) is 0 Å². The molecule has 0 aliphatic carbocycles. The number of aliphatic hydroxyl groups excluding tert-OH is 1. The van der Waals surface area contributed by atoms with Crippen molar-refractivity contribution in [3.8, 4) is 0 Å². The second kappa shape index (κ2) is 7.36. The molecule has 0 bridgehead atoms. The number of likely N-dealkylation sites (N-methyl/N-ethyl adjacent to an activating group) is 1. The molecule has 1 aromatic carbocycles. The molecule has 0 fully saturated rings. The highest BCUT2D eigenvalue weighted by Gasteiger charge is 2.14. The second-order valence-electron chi connectivity index (χ2n) is 4.56. The Balaban J connectivity index is 2.81. The third-order valence-corrected chi connectivity index (χ3v) is 3.03. The Kier molecular flexibility index (Phi) is 6.12. The number of rotatable bonds is 7. The van der Waals surface area contributed by atoms with Gasteiger partial charge in [0.05, 0.1) is 12.7 Å². The summed E-state index contributed by atoms with van der Waals surface area (Å²) in [6.07, 6.45) is 0.400. The number of benzene rings is 1. The van der Waals surface area contributed by atoms with Crippen LogP contribution in [0.5, 0.6) is 0 Å². The summed E-state index contributed by atoms with van der Waals surface area (Å²) in [5.41, 5.74) is 8.30. The Morgan fingerprint density at radius 3 is 2.67 bits per heavy atom. The van der Waals surface area contributed by atoms with Crippen LogP contribution in [0.25, 0.3) is 0 Å². The molecule has 0 saturated heterocycles. The number of methoxy groups -OCH3 is 1. The highest BCUT2D eigenvalue weighted by atomic mass is 16.5. The number of nitrogens with zero attached hydrogens (tertiary/aromatic N) is 1. The van der Waals surface area contributed by atoms with Gasteiger partial charge in [-0.15, -0.1) is 0 Å². The minimum atomic E-state index is -0.495. The molecule has 0 heterocycles. The Bertz CT molecular complexity index is 357. The molecular weight excluding hydrogens is 228 g/mol. The summed E-state index contributed by atoms with van der Waals surface area (Å²) in [6.45, 7) is 2.94. The van der Waals surface area contributed by atoms with Gasteiger partial charge < -0.3 is 20.5 Å². The molecule has 2 atom stereocenters. The van der Waals surface area contributed by atoms with Gasteiger partial charge in [-0.3, -0.25) is 0 Å². The van der Waals surface area contributed by atoms with Crippen LogP contribution in [0.2, 0.25) is 0 Å². The molecule has 0 saturated carbocycles. The van der Waals surface area contributed by atoms with E-state index in [2.05, 4.69) is 6.92 Å². The maximum atomic E-state index is 9.77. The van der Waals surface area contributed by atoms with Gasteiger partial charge in [-0.05, 0) is 18.1 Å². The van der Waals surface area contributed by atoms with Crippen molar-refractivity contribution >= 4 is 5.69 Å². The molecule has 3 N–H and O–H groups in total. The number of anilines is 1. The number of hydrogen-bond donors (Lipinski definition) is 2. The second-order valence-corrected chi connectivity index (χ2v) is 4.56. The van der Waals surface area contributed by atoms with Crippen LogP contribution in [0.15, 0.2) is 24.3 Å². The molecule has 0 aliphatic rings. The molecule has 102 valence electrons. The van der Waals surface area contributed by atoms with Crippen LogP contribution in [0.4, 0.5) is 5.69 Å². The number of aliphatic hydroxyl groups is 1. The first-order chi connectivity index (χ1) is 8.60. The van der Waals surface area contributed by atoms with Gasteiger partial charge in [0.25, 0.3) is 0 Å². The van der Waals surface area contributed by atoms with Crippen LogP contribution in [0.3, 0.4) is 0 Å². The van der Waals surface area contributed by atoms with E-state index < -0.39 is 6.10 Å². The molecule has 0 aliphatic heterocycles. The zero-order valence-corrected chi connectivity index (χ0v) is 11.5. The third-order valence-electron chi connectivity index (χ3n) is 3.03. The first-order valence-electron chi connectivity index (χ1n) is 6.32. The Morgan fingerprint density at radius 1 is 1.39 bits per heavy atom. The first kappa shape index (κ1) is 15.0. The lowest BCUT2D eigenvalue weighted by Gasteiger charge is -2.26. The molecule has 0 radical (unpaired) electrons. The van der Waals surface area contributed by atoms with E-state index in [0.29, 0.717) is 13.2 Å². The lowest BCUT2D eigenvalue weighted by molar-refractivity contribution is 0.0695. The van der Waals surface area contributed by atoms with Crippen LogP contribution >= 0.6 is 0 Å². The average Bonchev–Trinajstić information content (AvgIpc) is 2.38. The normalized spacial score (nSPS) is 14.3. The topological polar surface area (TPSA) is 58.7 Å². The smallest absolute Gasteiger partial charge is 0.0947 e. The molecule has 4 nitrogen and oxygen atoms in total. The molecule has 1 rings (SSSR count). The molecule has 1 aromatic rings. The van der Waals surface area contributed by atoms with Gasteiger partial charge >= 0.3 is 0 Å². The van der Waals surface area contributed by atoms with E-state index in [1.807, 2.05) is 36.2 Å². The van der Waals surface area contributed by atoms with Gasteiger partial charge in [0, 0.05) is 32.4 Å². The predicted molar refractivity (Wildman–Crippen MR) is 74.8 cm³/mol. The summed E-state index contributed by atoms with van der Waals surface area (Å²) >= 11 is 0. The van der Waals surface area contributed by atoms with Crippen molar-refractivity contribution in [1.29, 1.82) is 0 Å². The largest absolute Gasteiger partial charge is 0.389 e. The van der Waals surface area contributed by atoms with Crippen molar-refractivity contribution < 1.29 is 9.84 Å². The third kappa shape index (κ3) is 3.98. The number of para-hydroxylation sites is 1. The maximum Gasteiger partial charge on any atom is 0.0947 e. The van der Waals surface area contributed by atoms with Crippen LogP contribution in [-0.2, 0) is 4.74 Å². The lowest BCUT2D eigenvalue weighted by atomic mass is 10.0. The Labute approximate surface area is 109 Å². The van der Waals surface area contributed by atoms with Gasteiger partial charge in [-0.2, -0.15) is 0 Å². The molecule has 0 spiro atoms. The fourth-order valence-corrected chi connectivity index (χ4v) is 2.03. The number of ether oxygens (including phenoxy) is 1. The van der Waals surface area contributed by atoms with Crippen molar-refractivity contribution in [2.45, 2.75) is 25.5 Å². The number of nitrogens with two attached hydrogens (primary N) is 1. The Morgan fingerprint density at radius 2 is 2.06 bits per heavy atom. The van der Waals surface area contributed by atoms with Crippen molar-refractivity contribution in [3.63, 3.8) is 0 Å². The van der Waals surface area contributed by atoms with E-state index in [0.717, 1.165) is 17.7 Å². The van der Waals surface area contributed by atoms with E-state index in [9.17, 15) is 5.11 Å². The molecule has 4 heteroatoms. The van der Waals surface area contributed by atoms with Crippen molar-refractivity contribution in [3.05, 3.63) is 29.8 Å². The zero-order chi connectivity index (χ0) is 13.5. The van der Waals surface area contributed by atoms with E-state index in [-0.39, 0.29) is 6.04 Å². The molecule has 1 unspecified atom stereocenters. The van der Waals surface area contributed by atoms with Crippen LogP contribution < -0.4 is 10.6 Å².